The Morgan fingerprint density at radius 1 is 1.04 bits per heavy atom. The molecule has 1 spiro atoms. The third-order valence-electron chi connectivity index (χ3n) is 6.95. The topological polar surface area (TPSA) is 0 Å². The fourth-order valence-electron chi connectivity index (χ4n) is 5.79. The monoisotopic (exact) mass is 316 g/mol. The number of fused-ring (bicyclic) bond motifs is 5. The van der Waals surface area contributed by atoms with Gasteiger partial charge in [-0.2, -0.15) is 0 Å². The second kappa shape index (κ2) is 5.22. The Balaban J connectivity index is 1.53. The molecule has 0 nitrogen and oxygen atoms in total. The van der Waals surface area contributed by atoms with Gasteiger partial charge in [-0.1, -0.05) is 55.8 Å². The van der Waals surface area contributed by atoms with Crippen LogP contribution in [-0.4, -0.2) is 0 Å². The van der Waals surface area contributed by atoms with Gasteiger partial charge in [0.1, 0.15) is 0 Å². The lowest BCUT2D eigenvalue weighted by atomic mass is 9.64. The lowest BCUT2D eigenvalue weighted by Gasteiger charge is -2.40. The quantitative estimate of drug-likeness (QED) is 0.574. The van der Waals surface area contributed by atoms with Crippen LogP contribution in [0.2, 0.25) is 0 Å². The minimum atomic E-state index is 0.611. The van der Waals surface area contributed by atoms with Gasteiger partial charge in [-0.05, 0) is 89.7 Å². The van der Waals surface area contributed by atoms with Crippen LogP contribution in [0, 0.1) is 17.3 Å². The van der Waals surface area contributed by atoms with Crippen LogP contribution in [0.15, 0.2) is 42.0 Å². The summed E-state index contributed by atoms with van der Waals surface area (Å²) in [5.41, 5.74) is 7.15. The number of allylic oxidation sites excluding steroid dienone is 2. The summed E-state index contributed by atoms with van der Waals surface area (Å²) in [4.78, 5) is 0. The molecule has 0 heteroatoms. The molecule has 24 heavy (non-hydrogen) atoms. The molecule has 0 N–H and O–H groups in total. The molecule has 124 valence electrons. The van der Waals surface area contributed by atoms with E-state index in [4.69, 9.17) is 0 Å². The predicted molar refractivity (Wildman–Crippen MR) is 102 cm³/mol. The highest BCUT2D eigenvalue weighted by Gasteiger charge is 2.48. The molecule has 2 atom stereocenters. The van der Waals surface area contributed by atoms with Crippen molar-refractivity contribution in [2.45, 2.75) is 58.8 Å². The number of benzene rings is 2. The van der Waals surface area contributed by atoms with Crippen molar-refractivity contribution >= 4 is 10.8 Å². The van der Waals surface area contributed by atoms with Crippen LogP contribution in [0.5, 0.6) is 0 Å². The zero-order valence-corrected chi connectivity index (χ0v) is 15.1. The molecule has 0 saturated heterocycles. The maximum Gasteiger partial charge on any atom is -0.0178 e. The largest absolute Gasteiger partial charge is 0.0850 e. The van der Waals surface area contributed by atoms with Gasteiger partial charge in [-0.3, -0.25) is 0 Å². The van der Waals surface area contributed by atoms with E-state index < -0.39 is 0 Å². The first-order valence-corrected chi connectivity index (χ1v) is 9.84. The minimum Gasteiger partial charge on any atom is -0.0850 e. The SMILES string of the molecule is CC(C)Cc1ccc2cc3c(cc2c1)CC1(CC3)CC2=CCC1C2. The summed E-state index contributed by atoms with van der Waals surface area (Å²) < 4.78 is 0. The van der Waals surface area contributed by atoms with Crippen LogP contribution in [0.3, 0.4) is 0 Å². The molecule has 2 unspecified atom stereocenters. The average Bonchev–Trinajstić information content (AvgIpc) is 3.13. The summed E-state index contributed by atoms with van der Waals surface area (Å²) >= 11 is 0. The van der Waals surface area contributed by atoms with Gasteiger partial charge < -0.3 is 0 Å². The number of hydrogen-bond acceptors (Lipinski definition) is 0. The second-order valence-corrected chi connectivity index (χ2v) is 9.12. The standard InChI is InChI=1S/C24H28/c1-16(2)9-17-3-5-19-12-20-7-8-24(14-18-4-6-23(24)11-18)15-22(20)13-21(19)10-17/h3-5,10,12-13,16,23H,6-9,11,14-15H2,1-2H3. The molecule has 0 heterocycles. The number of aryl methyl sites for hydroxylation is 1. The summed E-state index contributed by atoms with van der Waals surface area (Å²) in [5.74, 6) is 1.68. The molecule has 2 aromatic carbocycles. The fraction of sp³-hybridized carbons (Fsp3) is 0.500. The van der Waals surface area contributed by atoms with Crippen molar-refractivity contribution < 1.29 is 0 Å². The molecule has 0 radical (unpaired) electrons. The summed E-state index contributed by atoms with van der Waals surface area (Å²) in [6, 6.07) is 12.2. The first kappa shape index (κ1) is 14.8. The highest BCUT2D eigenvalue weighted by molar-refractivity contribution is 5.85. The number of rotatable bonds is 2. The van der Waals surface area contributed by atoms with Crippen molar-refractivity contribution in [3.63, 3.8) is 0 Å². The molecule has 0 aliphatic heterocycles. The van der Waals surface area contributed by atoms with Gasteiger partial charge in [0, 0.05) is 0 Å². The van der Waals surface area contributed by atoms with E-state index in [9.17, 15) is 0 Å². The molecule has 0 amide bonds. The summed E-state index contributed by atoms with van der Waals surface area (Å²) in [6.45, 7) is 4.62. The summed E-state index contributed by atoms with van der Waals surface area (Å²) in [7, 11) is 0. The van der Waals surface area contributed by atoms with Crippen LogP contribution in [-0.2, 0) is 19.3 Å². The van der Waals surface area contributed by atoms with Crippen LogP contribution in [0.4, 0.5) is 0 Å². The van der Waals surface area contributed by atoms with Gasteiger partial charge in [0.2, 0.25) is 0 Å². The average molecular weight is 316 g/mol. The zero-order valence-electron chi connectivity index (χ0n) is 15.1. The molecule has 5 rings (SSSR count). The van der Waals surface area contributed by atoms with Gasteiger partial charge in [0.25, 0.3) is 0 Å². The molecule has 0 aromatic heterocycles. The van der Waals surface area contributed by atoms with Gasteiger partial charge >= 0.3 is 0 Å². The van der Waals surface area contributed by atoms with Gasteiger partial charge in [0.05, 0.1) is 0 Å². The van der Waals surface area contributed by atoms with Crippen molar-refractivity contribution in [2.75, 3.05) is 0 Å². The van der Waals surface area contributed by atoms with Gasteiger partial charge in [0.15, 0.2) is 0 Å². The van der Waals surface area contributed by atoms with E-state index in [0.29, 0.717) is 5.41 Å². The fourth-order valence-corrected chi connectivity index (χ4v) is 5.79. The van der Waals surface area contributed by atoms with Gasteiger partial charge in [-0.15, -0.1) is 0 Å². The smallest absolute Gasteiger partial charge is 0.0178 e. The Morgan fingerprint density at radius 3 is 2.67 bits per heavy atom. The van der Waals surface area contributed by atoms with Crippen LogP contribution in [0.25, 0.3) is 10.8 Å². The van der Waals surface area contributed by atoms with Crippen LogP contribution in [0.1, 0.15) is 56.2 Å². The van der Waals surface area contributed by atoms with E-state index in [1.165, 1.54) is 61.3 Å². The third-order valence-corrected chi connectivity index (χ3v) is 6.95. The van der Waals surface area contributed by atoms with E-state index in [-0.39, 0.29) is 0 Å². The first-order valence-electron chi connectivity index (χ1n) is 9.84. The Hall–Kier alpha value is -1.56. The molecule has 2 bridgehead atoms. The van der Waals surface area contributed by atoms with Crippen molar-refractivity contribution in [3.8, 4) is 0 Å². The minimum absolute atomic E-state index is 0.611. The third kappa shape index (κ3) is 2.26. The van der Waals surface area contributed by atoms with Crippen molar-refractivity contribution in [1.29, 1.82) is 0 Å². The normalized spacial score (nSPS) is 28.0. The van der Waals surface area contributed by atoms with Crippen LogP contribution < -0.4 is 0 Å². The lowest BCUT2D eigenvalue weighted by Crippen LogP contribution is -2.33. The molecule has 1 saturated carbocycles. The molecule has 3 aliphatic carbocycles. The zero-order chi connectivity index (χ0) is 16.3. The maximum absolute atomic E-state index is 2.54. The van der Waals surface area contributed by atoms with Crippen molar-refractivity contribution in [1.82, 2.24) is 0 Å². The molecule has 3 aliphatic rings. The van der Waals surface area contributed by atoms with E-state index in [1.54, 1.807) is 16.7 Å². The Kier molecular flexibility index (Phi) is 3.21. The van der Waals surface area contributed by atoms with Crippen LogP contribution >= 0.6 is 0 Å². The van der Waals surface area contributed by atoms with E-state index in [0.717, 1.165) is 11.8 Å². The Bertz CT molecular complexity index is 838. The van der Waals surface area contributed by atoms with E-state index in [1.807, 2.05) is 0 Å². The van der Waals surface area contributed by atoms with Gasteiger partial charge in [-0.25, -0.2) is 0 Å². The number of hydrogen-bond donors (Lipinski definition) is 0. The summed E-state index contributed by atoms with van der Waals surface area (Å²) in [6.07, 6.45) is 11.9. The highest BCUT2D eigenvalue weighted by atomic mass is 14.5. The molecule has 1 fully saturated rings. The Morgan fingerprint density at radius 2 is 1.92 bits per heavy atom. The summed E-state index contributed by atoms with van der Waals surface area (Å²) in [5, 5.41) is 2.90. The maximum atomic E-state index is 2.54. The predicted octanol–water partition coefficient (Wildman–Crippen LogP) is 6.25. The van der Waals surface area contributed by atoms with E-state index >= 15 is 0 Å². The Labute approximate surface area is 146 Å². The van der Waals surface area contributed by atoms with Crippen molar-refractivity contribution in [3.05, 3.63) is 58.7 Å². The lowest BCUT2D eigenvalue weighted by molar-refractivity contribution is 0.169. The highest BCUT2D eigenvalue weighted by Crippen LogP contribution is 2.58. The van der Waals surface area contributed by atoms with E-state index in [2.05, 4.69) is 50.3 Å². The van der Waals surface area contributed by atoms with Crippen molar-refractivity contribution in [2.24, 2.45) is 17.3 Å². The molecule has 2 aromatic rings. The molecular weight excluding hydrogens is 288 g/mol. The first-order chi connectivity index (χ1) is 11.6. The molecular formula is C24H28. The second-order valence-electron chi connectivity index (χ2n) is 9.12.